The van der Waals surface area contributed by atoms with Crippen LogP contribution in [0.4, 0.5) is 4.79 Å². The van der Waals surface area contributed by atoms with Gasteiger partial charge >= 0.3 is 12.1 Å². The van der Waals surface area contributed by atoms with Gasteiger partial charge in [0.05, 0.1) is 5.41 Å². The Balaban J connectivity index is 1.52. The number of carbonyl (C=O) groups is 3. The summed E-state index contributed by atoms with van der Waals surface area (Å²) < 4.78 is 5.58. The minimum atomic E-state index is -0.843. The van der Waals surface area contributed by atoms with Crippen LogP contribution in [-0.2, 0) is 14.3 Å². The van der Waals surface area contributed by atoms with Crippen molar-refractivity contribution < 1.29 is 24.2 Å². The number of carboxylic acids is 1. The minimum absolute atomic E-state index is 0.0225. The average Bonchev–Trinajstić information content (AvgIpc) is 3.14. The molecule has 0 saturated carbocycles. The Labute approximate surface area is 200 Å². The molecule has 0 bridgehead atoms. The van der Waals surface area contributed by atoms with Crippen LogP contribution in [0, 0.1) is 5.41 Å². The van der Waals surface area contributed by atoms with Crippen LogP contribution < -0.4 is 10.6 Å². The molecule has 2 amide bonds. The Morgan fingerprint density at radius 3 is 2.21 bits per heavy atom. The Kier molecular flexibility index (Phi) is 8.31. The molecule has 1 aliphatic carbocycles. The fourth-order valence-corrected chi connectivity index (χ4v) is 4.31. The predicted octanol–water partition coefficient (Wildman–Crippen LogP) is 4.70. The fourth-order valence-electron chi connectivity index (χ4n) is 4.31. The number of alkyl carbamates (subject to hydrolysis) is 1. The van der Waals surface area contributed by atoms with Gasteiger partial charge in [-0.25, -0.2) is 4.79 Å². The van der Waals surface area contributed by atoms with Crippen LogP contribution in [0.5, 0.6) is 0 Å². The lowest BCUT2D eigenvalue weighted by Gasteiger charge is -2.29. The molecule has 3 N–H and O–H groups in total. The summed E-state index contributed by atoms with van der Waals surface area (Å²) in [7, 11) is 0. The molecule has 0 radical (unpaired) electrons. The molecule has 34 heavy (non-hydrogen) atoms. The average molecular weight is 467 g/mol. The zero-order chi connectivity index (χ0) is 24.7. The number of carbonyl (C=O) groups excluding carboxylic acids is 2. The van der Waals surface area contributed by atoms with E-state index >= 15 is 0 Å². The first-order valence-corrected chi connectivity index (χ1v) is 11.9. The van der Waals surface area contributed by atoms with E-state index in [0.29, 0.717) is 19.3 Å². The van der Waals surface area contributed by atoms with E-state index in [4.69, 9.17) is 9.84 Å². The summed E-state index contributed by atoms with van der Waals surface area (Å²) in [5.74, 6) is -1.04. The number of fused-ring (bicyclic) bond motifs is 3. The summed E-state index contributed by atoms with van der Waals surface area (Å²) in [6, 6.07) is 16.2. The van der Waals surface area contributed by atoms with E-state index in [1.54, 1.807) is 6.92 Å². The van der Waals surface area contributed by atoms with Gasteiger partial charge in [0.15, 0.2) is 0 Å². The summed E-state index contributed by atoms with van der Waals surface area (Å²) in [5.41, 5.74) is 3.82. The maximum Gasteiger partial charge on any atom is 0.407 e. The van der Waals surface area contributed by atoms with Crippen LogP contribution in [0.3, 0.4) is 0 Å². The topological polar surface area (TPSA) is 105 Å². The van der Waals surface area contributed by atoms with Crippen molar-refractivity contribution in [3.05, 3.63) is 59.7 Å². The Bertz CT molecular complexity index is 992. The molecule has 0 spiro atoms. The van der Waals surface area contributed by atoms with Gasteiger partial charge in [0, 0.05) is 24.9 Å². The highest BCUT2D eigenvalue weighted by atomic mass is 16.5. The lowest BCUT2D eigenvalue weighted by molar-refractivity contribution is -0.137. The SMILES string of the molecule is CCC(C)(CNC(=O)OCC1c2ccccc2-c2ccccc21)C(=O)NC(C)CCCC(=O)O. The first-order valence-electron chi connectivity index (χ1n) is 11.9. The predicted molar refractivity (Wildman–Crippen MR) is 131 cm³/mol. The molecule has 7 heteroatoms. The van der Waals surface area contributed by atoms with Crippen molar-refractivity contribution in [2.75, 3.05) is 13.2 Å². The summed E-state index contributed by atoms with van der Waals surface area (Å²) >= 11 is 0. The van der Waals surface area contributed by atoms with E-state index in [0.717, 1.165) is 11.1 Å². The standard InChI is InChI=1S/C27H34N2O5/c1-4-27(3,25(32)29-18(2)10-9-15-24(30)31)17-28-26(33)34-16-23-21-13-7-5-11-19(21)20-12-6-8-14-22(20)23/h5-8,11-14,18,23H,4,9-10,15-17H2,1-3H3,(H,28,33)(H,29,32)(H,30,31). The van der Waals surface area contributed by atoms with Crippen LogP contribution >= 0.6 is 0 Å². The van der Waals surface area contributed by atoms with Crippen molar-refractivity contribution in [2.24, 2.45) is 5.41 Å². The quantitative estimate of drug-likeness (QED) is 0.445. The van der Waals surface area contributed by atoms with E-state index in [-0.39, 0.29) is 37.4 Å². The van der Waals surface area contributed by atoms with E-state index in [9.17, 15) is 14.4 Å². The van der Waals surface area contributed by atoms with Gasteiger partial charge in [0.25, 0.3) is 0 Å². The van der Waals surface area contributed by atoms with Crippen molar-refractivity contribution in [1.29, 1.82) is 0 Å². The smallest absolute Gasteiger partial charge is 0.407 e. The molecule has 1 aliphatic rings. The van der Waals surface area contributed by atoms with Crippen molar-refractivity contribution in [1.82, 2.24) is 10.6 Å². The number of amides is 2. The van der Waals surface area contributed by atoms with Crippen molar-refractivity contribution >= 4 is 18.0 Å². The van der Waals surface area contributed by atoms with Gasteiger partial charge in [0.2, 0.25) is 5.91 Å². The summed E-state index contributed by atoms with van der Waals surface area (Å²) in [5, 5.41) is 14.5. The lowest BCUT2D eigenvalue weighted by atomic mass is 9.86. The molecule has 0 aromatic heterocycles. The zero-order valence-corrected chi connectivity index (χ0v) is 20.1. The molecule has 0 aliphatic heterocycles. The molecule has 0 fully saturated rings. The largest absolute Gasteiger partial charge is 0.481 e. The van der Waals surface area contributed by atoms with Crippen LogP contribution in [0.15, 0.2) is 48.5 Å². The summed E-state index contributed by atoms with van der Waals surface area (Å²) in [4.78, 5) is 36.0. The third kappa shape index (κ3) is 5.95. The second-order valence-electron chi connectivity index (χ2n) is 9.25. The van der Waals surface area contributed by atoms with Crippen molar-refractivity contribution in [2.45, 2.75) is 58.4 Å². The Morgan fingerprint density at radius 1 is 1.06 bits per heavy atom. The van der Waals surface area contributed by atoms with Gasteiger partial charge in [-0.1, -0.05) is 55.5 Å². The zero-order valence-electron chi connectivity index (χ0n) is 20.1. The molecule has 2 atom stereocenters. The van der Waals surface area contributed by atoms with Crippen LogP contribution in [0.1, 0.15) is 63.5 Å². The first kappa shape index (κ1) is 25.3. The summed E-state index contributed by atoms with van der Waals surface area (Å²) in [6.07, 6.45) is 1.14. The van der Waals surface area contributed by atoms with Gasteiger partial charge in [-0.05, 0) is 55.4 Å². The van der Waals surface area contributed by atoms with Crippen LogP contribution in [-0.4, -0.2) is 42.3 Å². The highest BCUT2D eigenvalue weighted by Crippen LogP contribution is 2.44. The molecular weight excluding hydrogens is 432 g/mol. The molecule has 3 rings (SSSR count). The van der Waals surface area contributed by atoms with E-state index in [2.05, 4.69) is 34.9 Å². The van der Waals surface area contributed by atoms with Gasteiger partial charge in [-0.15, -0.1) is 0 Å². The number of aliphatic carboxylic acids is 1. The molecule has 0 saturated heterocycles. The molecular formula is C27H34N2O5. The van der Waals surface area contributed by atoms with Crippen molar-refractivity contribution in [3.8, 4) is 11.1 Å². The maximum absolute atomic E-state index is 12.8. The van der Waals surface area contributed by atoms with Crippen LogP contribution in [0.2, 0.25) is 0 Å². The molecule has 182 valence electrons. The monoisotopic (exact) mass is 466 g/mol. The fraction of sp³-hybridized carbons (Fsp3) is 0.444. The van der Waals surface area contributed by atoms with E-state index in [1.807, 2.05) is 38.1 Å². The van der Waals surface area contributed by atoms with Gasteiger partial charge in [-0.2, -0.15) is 0 Å². The summed E-state index contributed by atoms with van der Waals surface area (Å²) in [6.45, 7) is 5.92. The third-order valence-corrected chi connectivity index (χ3v) is 6.70. The van der Waals surface area contributed by atoms with Crippen molar-refractivity contribution in [3.63, 3.8) is 0 Å². The molecule has 7 nitrogen and oxygen atoms in total. The highest BCUT2D eigenvalue weighted by molar-refractivity contribution is 5.83. The highest BCUT2D eigenvalue weighted by Gasteiger charge is 2.33. The third-order valence-electron chi connectivity index (χ3n) is 6.70. The minimum Gasteiger partial charge on any atom is -0.481 e. The first-order chi connectivity index (χ1) is 16.2. The Morgan fingerprint density at radius 2 is 1.65 bits per heavy atom. The Hall–Kier alpha value is -3.35. The number of benzene rings is 2. The number of ether oxygens (including phenoxy) is 1. The molecule has 2 unspecified atom stereocenters. The normalized spacial score (nSPS) is 14.9. The number of rotatable bonds is 11. The number of nitrogens with one attached hydrogen (secondary N) is 2. The maximum atomic E-state index is 12.8. The van der Waals surface area contributed by atoms with Gasteiger partial charge in [-0.3, -0.25) is 9.59 Å². The molecule has 0 heterocycles. The molecule has 2 aromatic rings. The second-order valence-corrected chi connectivity index (χ2v) is 9.25. The second kappa shape index (κ2) is 11.2. The number of carboxylic acid groups (broad SMARTS) is 1. The van der Waals surface area contributed by atoms with Crippen LogP contribution in [0.25, 0.3) is 11.1 Å². The van der Waals surface area contributed by atoms with Gasteiger partial charge in [0.1, 0.15) is 6.61 Å². The van der Waals surface area contributed by atoms with E-state index < -0.39 is 17.5 Å². The number of hydrogen-bond donors (Lipinski definition) is 3. The van der Waals surface area contributed by atoms with Gasteiger partial charge < -0.3 is 20.5 Å². The van der Waals surface area contributed by atoms with E-state index in [1.165, 1.54) is 11.1 Å². The molecule has 2 aromatic carbocycles. The number of hydrogen-bond acceptors (Lipinski definition) is 4. The lowest BCUT2D eigenvalue weighted by Crippen LogP contribution is -2.48.